The quantitative estimate of drug-likeness (QED) is 0.810. The Bertz CT molecular complexity index is 735. The number of carbonyl (C=O) groups excluding carboxylic acids is 2. The molecule has 0 heterocycles. The van der Waals surface area contributed by atoms with Crippen molar-refractivity contribution in [2.45, 2.75) is 26.2 Å². The van der Waals surface area contributed by atoms with E-state index < -0.39 is 0 Å². The molecule has 5 nitrogen and oxygen atoms in total. The maximum Gasteiger partial charge on any atom is 0.228 e. The van der Waals surface area contributed by atoms with Crippen molar-refractivity contribution < 1.29 is 14.3 Å². The van der Waals surface area contributed by atoms with E-state index in [-0.39, 0.29) is 17.7 Å². The molecule has 3 rings (SSSR count). The fourth-order valence-electron chi connectivity index (χ4n) is 2.49. The van der Waals surface area contributed by atoms with Crippen LogP contribution < -0.4 is 15.4 Å². The molecule has 2 amide bonds. The van der Waals surface area contributed by atoms with E-state index in [1.54, 1.807) is 24.3 Å². The summed E-state index contributed by atoms with van der Waals surface area (Å²) in [6.07, 6.45) is 2.25. The summed E-state index contributed by atoms with van der Waals surface area (Å²) in [7, 11) is 0. The number of carbonyl (C=O) groups is 2. The predicted molar refractivity (Wildman–Crippen MR) is 97.7 cm³/mol. The molecule has 0 bridgehead atoms. The van der Waals surface area contributed by atoms with E-state index in [1.165, 1.54) is 0 Å². The fraction of sp³-hybridized carbons (Fsp3) is 0.300. The van der Waals surface area contributed by atoms with Crippen molar-refractivity contribution in [1.29, 1.82) is 0 Å². The van der Waals surface area contributed by atoms with Crippen LogP contribution in [-0.4, -0.2) is 18.4 Å². The molecule has 1 aliphatic rings. The first kappa shape index (κ1) is 17.0. The molecule has 1 fully saturated rings. The van der Waals surface area contributed by atoms with Crippen molar-refractivity contribution in [2.24, 2.45) is 5.92 Å². The van der Waals surface area contributed by atoms with E-state index in [1.807, 2.05) is 31.2 Å². The zero-order valence-electron chi connectivity index (χ0n) is 14.2. The minimum absolute atomic E-state index is 0.0762. The predicted octanol–water partition coefficient (Wildman–Crippen LogP) is 3.62. The standard InChI is InChI=1S/C20H22N2O3/c1-2-25-18-11-3-14(4-12-18)13-19(23)21-16-7-9-17(10-8-16)22-20(24)15-5-6-15/h3-4,7-12,15H,2,5-6,13H2,1H3,(H,21,23)(H,22,24). The van der Waals surface area contributed by atoms with Crippen LogP contribution in [0.25, 0.3) is 0 Å². The van der Waals surface area contributed by atoms with Gasteiger partial charge >= 0.3 is 0 Å². The van der Waals surface area contributed by atoms with Gasteiger partial charge in [0.25, 0.3) is 0 Å². The van der Waals surface area contributed by atoms with Crippen molar-refractivity contribution in [1.82, 2.24) is 0 Å². The van der Waals surface area contributed by atoms with Crippen LogP contribution in [0.2, 0.25) is 0 Å². The molecular formula is C20H22N2O3. The third kappa shape index (κ3) is 5.08. The van der Waals surface area contributed by atoms with Gasteiger partial charge in [0, 0.05) is 17.3 Å². The van der Waals surface area contributed by atoms with Gasteiger partial charge in [0.05, 0.1) is 13.0 Å². The molecule has 0 aromatic heterocycles. The van der Waals surface area contributed by atoms with E-state index in [0.717, 1.165) is 29.8 Å². The third-order valence-electron chi connectivity index (χ3n) is 3.98. The van der Waals surface area contributed by atoms with Gasteiger partial charge in [-0.25, -0.2) is 0 Å². The number of nitrogens with one attached hydrogen (secondary N) is 2. The van der Waals surface area contributed by atoms with E-state index in [9.17, 15) is 9.59 Å². The summed E-state index contributed by atoms with van der Waals surface area (Å²) in [5.74, 6) is 0.968. The number of anilines is 2. The molecule has 2 aromatic carbocycles. The van der Waals surface area contributed by atoms with Crippen LogP contribution in [0.3, 0.4) is 0 Å². The van der Waals surface area contributed by atoms with Crippen LogP contribution in [-0.2, 0) is 16.0 Å². The minimum Gasteiger partial charge on any atom is -0.494 e. The summed E-state index contributed by atoms with van der Waals surface area (Å²) in [6, 6.07) is 14.7. The summed E-state index contributed by atoms with van der Waals surface area (Å²) in [5.41, 5.74) is 2.39. The Kier molecular flexibility index (Phi) is 5.33. The highest BCUT2D eigenvalue weighted by Crippen LogP contribution is 2.30. The van der Waals surface area contributed by atoms with E-state index in [0.29, 0.717) is 18.7 Å². The van der Waals surface area contributed by atoms with Gasteiger partial charge in [-0.3, -0.25) is 9.59 Å². The number of hydrogen-bond acceptors (Lipinski definition) is 3. The first-order valence-electron chi connectivity index (χ1n) is 8.56. The summed E-state index contributed by atoms with van der Waals surface area (Å²) < 4.78 is 5.39. The topological polar surface area (TPSA) is 67.4 Å². The fourth-order valence-corrected chi connectivity index (χ4v) is 2.49. The van der Waals surface area contributed by atoms with Crippen molar-refractivity contribution in [2.75, 3.05) is 17.2 Å². The number of hydrogen-bond donors (Lipinski definition) is 2. The second-order valence-corrected chi connectivity index (χ2v) is 6.14. The normalized spacial score (nSPS) is 13.2. The van der Waals surface area contributed by atoms with Crippen LogP contribution >= 0.6 is 0 Å². The average molecular weight is 338 g/mol. The van der Waals surface area contributed by atoms with Gasteiger partial charge in [-0.1, -0.05) is 12.1 Å². The van der Waals surface area contributed by atoms with Gasteiger partial charge in [0.2, 0.25) is 11.8 Å². The Morgan fingerprint density at radius 2 is 1.56 bits per heavy atom. The van der Waals surface area contributed by atoms with Crippen LogP contribution in [0.15, 0.2) is 48.5 Å². The van der Waals surface area contributed by atoms with E-state index in [2.05, 4.69) is 10.6 Å². The smallest absolute Gasteiger partial charge is 0.228 e. The van der Waals surface area contributed by atoms with Crippen LogP contribution in [0.1, 0.15) is 25.3 Å². The largest absolute Gasteiger partial charge is 0.494 e. The molecule has 1 saturated carbocycles. The van der Waals surface area contributed by atoms with Crippen LogP contribution in [0, 0.1) is 5.92 Å². The molecule has 5 heteroatoms. The highest BCUT2D eigenvalue weighted by atomic mass is 16.5. The molecule has 1 aliphatic carbocycles. The molecule has 0 saturated heterocycles. The Hall–Kier alpha value is -2.82. The summed E-state index contributed by atoms with van der Waals surface area (Å²) in [4.78, 5) is 23.9. The van der Waals surface area contributed by atoms with Gasteiger partial charge in [0.1, 0.15) is 5.75 Å². The first-order chi connectivity index (χ1) is 12.1. The lowest BCUT2D eigenvalue weighted by atomic mass is 10.1. The Morgan fingerprint density at radius 1 is 0.960 bits per heavy atom. The van der Waals surface area contributed by atoms with Gasteiger partial charge in [-0.05, 0) is 61.7 Å². The Balaban J connectivity index is 1.50. The minimum atomic E-state index is -0.0843. The maximum absolute atomic E-state index is 12.1. The zero-order chi connectivity index (χ0) is 17.6. The zero-order valence-corrected chi connectivity index (χ0v) is 14.2. The lowest BCUT2D eigenvalue weighted by molar-refractivity contribution is -0.117. The second-order valence-electron chi connectivity index (χ2n) is 6.14. The summed E-state index contributed by atoms with van der Waals surface area (Å²) in [5, 5.41) is 5.74. The molecule has 25 heavy (non-hydrogen) atoms. The molecule has 2 N–H and O–H groups in total. The van der Waals surface area contributed by atoms with Crippen LogP contribution in [0.4, 0.5) is 11.4 Å². The van der Waals surface area contributed by atoms with Gasteiger partial charge in [0.15, 0.2) is 0 Å². The van der Waals surface area contributed by atoms with Gasteiger partial charge < -0.3 is 15.4 Å². The number of ether oxygens (including phenoxy) is 1. The lowest BCUT2D eigenvalue weighted by Gasteiger charge is -2.08. The van der Waals surface area contributed by atoms with Gasteiger partial charge in [-0.15, -0.1) is 0 Å². The Morgan fingerprint density at radius 3 is 2.12 bits per heavy atom. The summed E-state index contributed by atoms with van der Waals surface area (Å²) >= 11 is 0. The molecule has 0 radical (unpaired) electrons. The molecule has 0 atom stereocenters. The van der Waals surface area contributed by atoms with Crippen LogP contribution in [0.5, 0.6) is 5.75 Å². The summed E-state index contributed by atoms with van der Waals surface area (Å²) in [6.45, 7) is 2.56. The Labute approximate surface area is 147 Å². The van der Waals surface area contributed by atoms with Crippen molar-refractivity contribution in [3.8, 4) is 5.75 Å². The van der Waals surface area contributed by atoms with E-state index in [4.69, 9.17) is 4.74 Å². The van der Waals surface area contributed by atoms with Crippen molar-refractivity contribution in [3.05, 3.63) is 54.1 Å². The molecule has 0 aliphatic heterocycles. The maximum atomic E-state index is 12.1. The highest BCUT2D eigenvalue weighted by molar-refractivity contribution is 5.95. The number of benzene rings is 2. The molecule has 0 spiro atoms. The lowest BCUT2D eigenvalue weighted by Crippen LogP contribution is -2.15. The number of rotatable bonds is 7. The number of amides is 2. The van der Waals surface area contributed by atoms with Crippen molar-refractivity contribution in [3.63, 3.8) is 0 Å². The SMILES string of the molecule is CCOc1ccc(CC(=O)Nc2ccc(NC(=O)C3CC3)cc2)cc1. The third-order valence-corrected chi connectivity index (χ3v) is 3.98. The highest BCUT2D eigenvalue weighted by Gasteiger charge is 2.29. The molecule has 130 valence electrons. The van der Waals surface area contributed by atoms with Crippen molar-refractivity contribution >= 4 is 23.2 Å². The second kappa shape index (κ2) is 7.83. The van der Waals surface area contributed by atoms with E-state index >= 15 is 0 Å². The molecule has 0 unspecified atom stereocenters. The first-order valence-corrected chi connectivity index (χ1v) is 8.56. The monoisotopic (exact) mass is 338 g/mol. The average Bonchev–Trinajstić information content (AvgIpc) is 3.44. The van der Waals surface area contributed by atoms with Gasteiger partial charge in [-0.2, -0.15) is 0 Å². The molecule has 2 aromatic rings. The molecular weight excluding hydrogens is 316 g/mol.